The van der Waals surface area contributed by atoms with Crippen molar-refractivity contribution in [1.29, 1.82) is 0 Å². The topological polar surface area (TPSA) is 40.5 Å². The van der Waals surface area contributed by atoms with Crippen LogP contribution in [0.15, 0.2) is 121 Å². The van der Waals surface area contributed by atoms with E-state index >= 15 is 0 Å². The van der Waals surface area contributed by atoms with Gasteiger partial charge in [-0.05, 0) is 22.3 Å². The van der Waals surface area contributed by atoms with Gasteiger partial charge in [-0.25, -0.2) is 0 Å². The zero-order chi connectivity index (χ0) is 26.9. The molecule has 5 aromatic rings. The summed E-state index contributed by atoms with van der Waals surface area (Å²) < 4.78 is 0. The standard InChI is InChI=1S/C36H34O2/c1-35(2,31-22-12-20-29(33(31)37)25-14-7-5-8-15-25)27-18-11-19-28(24-27)36(3,4)32-23-13-21-30(34(32)38)26-16-9-6-10-17-26/h5-24,37-38H,1-4H3. The Morgan fingerprint density at radius 2 is 0.789 bits per heavy atom. The number of para-hydroxylation sites is 2. The maximum atomic E-state index is 11.4. The van der Waals surface area contributed by atoms with Crippen LogP contribution < -0.4 is 0 Å². The van der Waals surface area contributed by atoms with Gasteiger partial charge in [0.2, 0.25) is 0 Å². The highest BCUT2D eigenvalue weighted by atomic mass is 16.3. The van der Waals surface area contributed by atoms with Crippen LogP contribution in [0.1, 0.15) is 49.9 Å². The largest absolute Gasteiger partial charge is 0.507 e. The third kappa shape index (κ3) is 4.48. The van der Waals surface area contributed by atoms with Crippen molar-refractivity contribution in [1.82, 2.24) is 0 Å². The summed E-state index contributed by atoms with van der Waals surface area (Å²) >= 11 is 0. The van der Waals surface area contributed by atoms with Crippen molar-refractivity contribution in [3.8, 4) is 33.8 Å². The van der Waals surface area contributed by atoms with Crippen LogP contribution in [0.2, 0.25) is 0 Å². The summed E-state index contributed by atoms with van der Waals surface area (Å²) in [7, 11) is 0. The second kappa shape index (κ2) is 9.87. The van der Waals surface area contributed by atoms with E-state index in [2.05, 4.69) is 52.0 Å². The molecule has 0 fully saturated rings. The lowest BCUT2D eigenvalue weighted by Gasteiger charge is -2.32. The van der Waals surface area contributed by atoms with Crippen molar-refractivity contribution in [3.63, 3.8) is 0 Å². The number of hydrogen-bond acceptors (Lipinski definition) is 2. The van der Waals surface area contributed by atoms with Crippen LogP contribution in [-0.2, 0) is 10.8 Å². The van der Waals surface area contributed by atoms with Crippen molar-refractivity contribution in [3.05, 3.63) is 144 Å². The Kier molecular flexibility index (Phi) is 6.59. The molecule has 0 atom stereocenters. The molecule has 0 aliphatic carbocycles. The van der Waals surface area contributed by atoms with Gasteiger partial charge < -0.3 is 10.2 Å². The molecular formula is C36H34O2. The Hall–Kier alpha value is -4.30. The maximum absolute atomic E-state index is 11.4. The third-order valence-corrected chi connectivity index (χ3v) is 7.89. The molecule has 0 saturated carbocycles. The second-order valence-electron chi connectivity index (χ2n) is 11.0. The Balaban J connectivity index is 1.56. The van der Waals surface area contributed by atoms with Crippen molar-refractivity contribution in [2.45, 2.75) is 38.5 Å². The zero-order valence-corrected chi connectivity index (χ0v) is 22.4. The number of hydrogen-bond donors (Lipinski definition) is 2. The molecular weight excluding hydrogens is 464 g/mol. The molecule has 0 heterocycles. The molecule has 0 aliphatic rings. The highest BCUT2D eigenvalue weighted by Gasteiger charge is 2.31. The lowest BCUT2D eigenvalue weighted by Crippen LogP contribution is -2.23. The van der Waals surface area contributed by atoms with E-state index in [4.69, 9.17) is 0 Å². The van der Waals surface area contributed by atoms with Gasteiger partial charge in [0.1, 0.15) is 11.5 Å². The summed E-state index contributed by atoms with van der Waals surface area (Å²) in [6, 6.07) is 40.5. The zero-order valence-electron chi connectivity index (χ0n) is 22.4. The minimum Gasteiger partial charge on any atom is -0.507 e. The number of phenols is 2. The van der Waals surface area contributed by atoms with E-state index in [1.54, 1.807) is 0 Å². The van der Waals surface area contributed by atoms with Gasteiger partial charge in [-0.2, -0.15) is 0 Å². The van der Waals surface area contributed by atoms with Gasteiger partial charge in [-0.15, -0.1) is 0 Å². The molecule has 2 nitrogen and oxygen atoms in total. The fourth-order valence-electron chi connectivity index (χ4n) is 5.40. The van der Waals surface area contributed by atoms with Crippen molar-refractivity contribution < 1.29 is 10.2 Å². The highest BCUT2D eigenvalue weighted by molar-refractivity contribution is 5.74. The van der Waals surface area contributed by atoms with Gasteiger partial charge >= 0.3 is 0 Å². The summed E-state index contributed by atoms with van der Waals surface area (Å²) in [5.41, 5.74) is 6.70. The normalized spacial score (nSPS) is 11.9. The van der Waals surface area contributed by atoms with Crippen molar-refractivity contribution in [2.75, 3.05) is 0 Å². The van der Waals surface area contributed by atoms with Crippen LogP contribution in [0.5, 0.6) is 11.5 Å². The molecule has 5 rings (SSSR count). The van der Waals surface area contributed by atoms with E-state index in [1.165, 1.54) is 0 Å². The average molecular weight is 499 g/mol. The van der Waals surface area contributed by atoms with E-state index in [0.29, 0.717) is 11.5 Å². The molecule has 0 amide bonds. The highest BCUT2D eigenvalue weighted by Crippen LogP contribution is 2.45. The van der Waals surface area contributed by atoms with Gasteiger partial charge in [-0.3, -0.25) is 0 Å². The molecule has 38 heavy (non-hydrogen) atoms. The number of phenolic OH excluding ortho intramolecular Hbond substituents is 2. The number of benzene rings is 5. The van der Waals surface area contributed by atoms with Crippen LogP contribution in [0.25, 0.3) is 22.3 Å². The fraction of sp³-hybridized carbons (Fsp3) is 0.167. The predicted octanol–water partition coefficient (Wildman–Crippen LogP) is 9.08. The summed E-state index contributed by atoms with van der Waals surface area (Å²) in [5, 5.41) is 22.8. The lowest BCUT2D eigenvalue weighted by molar-refractivity contribution is 0.453. The molecule has 0 aromatic heterocycles. The molecule has 0 unspecified atom stereocenters. The first kappa shape index (κ1) is 25.4. The van der Waals surface area contributed by atoms with Crippen LogP contribution in [0, 0.1) is 0 Å². The molecule has 5 aromatic carbocycles. The van der Waals surface area contributed by atoms with E-state index in [-0.39, 0.29) is 0 Å². The molecule has 2 heteroatoms. The predicted molar refractivity (Wildman–Crippen MR) is 158 cm³/mol. The van der Waals surface area contributed by atoms with Gasteiger partial charge in [-0.1, -0.05) is 149 Å². The molecule has 0 saturated heterocycles. The first-order valence-electron chi connectivity index (χ1n) is 13.1. The SMILES string of the molecule is CC(C)(c1cccc(C(C)(C)c2cccc(-c3ccccc3)c2O)c1)c1cccc(-c2ccccc2)c1O. The molecule has 2 N–H and O–H groups in total. The van der Waals surface area contributed by atoms with Gasteiger partial charge in [0.25, 0.3) is 0 Å². The van der Waals surface area contributed by atoms with Crippen molar-refractivity contribution >= 4 is 0 Å². The number of rotatable bonds is 6. The van der Waals surface area contributed by atoms with Gasteiger partial charge in [0, 0.05) is 33.1 Å². The van der Waals surface area contributed by atoms with E-state index in [1.807, 2.05) is 97.1 Å². The summed E-state index contributed by atoms with van der Waals surface area (Å²) in [6.45, 7) is 8.60. The van der Waals surface area contributed by atoms with Crippen LogP contribution in [0.3, 0.4) is 0 Å². The molecule has 0 radical (unpaired) electrons. The quantitative estimate of drug-likeness (QED) is 0.245. The Morgan fingerprint density at radius 1 is 0.421 bits per heavy atom. The third-order valence-electron chi connectivity index (χ3n) is 7.89. The lowest BCUT2D eigenvalue weighted by atomic mass is 9.72. The molecule has 0 bridgehead atoms. The van der Waals surface area contributed by atoms with Crippen LogP contribution in [0.4, 0.5) is 0 Å². The Labute approximate surface area is 225 Å². The Bertz CT molecular complexity index is 1450. The minimum absolute atomic E-state index is 0.307. The monoisotopic (exact) mass is 498 g/mol. The van der Waals surface area contributed by atoms with Gasteiger partial charge in [0.15, 0.2) is 0 Å². The fourth-order valence-corrected chi connectivity index (χ4v) is 5.40. The maximum Gasteiger partial charge on any atom is 0.127 e. The Morgan fingerprint density at radius 3 is 1.18 bits per heavy atom. The molecule has 0 spiro atoms. The molecule has 0 aliphatic heterocycles. The summed E-state index contributed by atoms with van der Waals surface area (Å²) in [5.74, 6) is 0.614. The van der Waals surface area contributed by atoms with Crippen LogP contribution in [-0.4, -0.2) is 10.2 Å². The second-order valence-corrected chi connectivity index (χ2v) is 11.0. The van der Waals surface area contributed by atoms with Crippen LogP contribution >= 0.6 is 0 Å². The smallest absolute Gasteiger partial charge is 0.127 e. The summed E-state index contributed by atoms with van der Waals surface area (Å²) in [4.78, 5) is 0. The number of aromatic hydroxyl groups is 2. The summed E-state index contributed by atoms with van der Waals surface area (Å²) in [6.07, 6.45) is 0. The first-order chi connectivity index (χ1) is 18.2. The van der Waals surface area contributed by atoms with E-state index in [0.717, 1.165) is 44.5 Å². The first-order valence-corrected chi connectivity index (χ1v) is 13.1. The van der Waals surface area contributed by atoms with Gasteiger partial charge in [0.05, 0.1) is 0 Å². The molecule has 190 valence electrons. The minimum atomic E-state index is -0.450. The van der Waals surface area contributed by atoms with Crippen molar-refractivity contribution in [2.24, 2.45) is 0 Å². The average Bonchev–Trinajstić information content (AvgIpc) is 2.94. The van der Waals surface area contributed by atoms with E-state index in [9.17, 15) is 10.2 Å². The van der Waals surface area contributed by atoms with E-state index < -0.39 is 10.8 Å².